The highest BCUT2D eigenvalue weighted by molar-refractivity contribution is 7.89. The van der Waals surface area contributed by atoms with Crippen LogP contribution < -0.4 is 15.8 Å². The topological polar surface area (TPSA) is 153 Å². The number of aryl methyl sites for hydroxylation is 2. The van der Waals surface area contributed by atoms with E-state index in [2.05, 4.69) is 10.5 Å². The Morgan fingerprint density at radius 2 is 1.85 bits per heavy atom. The van der Waals surface area contributed by atoms with Gasteiger partial charge >= 0.3 is 0 Å². The molecule has 0 saturated heterocycles. The van der Waals surface area contributed by atoms with E-state index in [1.807, 2.05) is 11.8 Å². The fourth-order valence-corrected chi connectivity index (χ4v) is 4.39. The molecule has 2 aromatic carbocycles. The number of nitrogens with zero attached hydrogens (tertiary/aromatic N) is 3. The molecule has 3 rings (SSSR count). The SMILES string of the molecule is CCCCCn1nc(C(=O)NNS(=O)(=O)c2cc([N+](=O)[O-])ccc2C)c2ccccc2c1=O. The minimum atomic E-state index is -4.32. The molecular formula is C21H23N5O6S. The number of amides is 1. The smallest absolute Gasteiger partial charge is 0.272 e. The second-order valence-corrected chi connectivity index (χ2v) is 9.05. The van der Waals surface area contributed by atoms with Crippen LogP contribution in [0, 0.1) is 17.0 Å². The number of rotatable bonds is 9. The normalized spacial score (nSPS) is 11.5. The minimum Gasteiger partial charge on any atom is -0.272 e. The number of benzene rings is 2. The van der Waals surface area contributed by atoms with Crippen LogP contribution in [-0.2, 0) is 16.6 Å². The molecule has 1 aromatic heterocycles. The predicted molar refractivity (Wildman–Crippen MR) is 121 cm³/mol. The van der Waals surface area contributed by atoms with Crippen LogP contribution in [0.2, 0.25) is 0 Å². The molecule has 0 fully saturated rings. The Hall–Kier alpha value is -3.64. The van der Waals surface area contributed by atoms with Gasteiger partial charge in [0, 0.05) is 24.1 Å². The summed E-state index contributed by atoms with van der Waals surface area (Å²) in [5.74, 6) is -0.873. The molecule has 0 atom stereocenters. The number of nitrogens with one attached hydrogen (secondary N) is 2. The summed E-state index contributed by atoms with van der Waals surface area (Å²) in [5, 5.41) is 15.7. The van der Waals surface area contributed by atoms with E-state index in [9.17, 15) is 28.1 Å². The van der Waals surface area contributed by atoms with Crippen molar-refractivity contribution in [3.05, 3.63) is 74.2 Å². The predicted octanol–water partition coefficient (Wildman–Crippen LogP) is 2.43. The van der Waals surface area contributed by atoms with Gasteiger partial charge in [-0.1, -0.05) is 44.0 Å². The number of hydrogen-bond acceptors (Lipinski definition) is 7. The molecule has 0 saturated carbocycles. The number of aromatic nitrogens is 2. The van der Waals surface area contributed by atoms with Crippen molar-refractivity contribution in [3.63, 3.8) is 0 Å². The highest BCUT2D eigenvalue weighted by atomic mass is 32.2. The molecule has 0 aliphatic carbocycles. The Morgan fingerprint density at radius 1 is 1.15 bits per heavy atom. The van der Waals surface area contributed by atoms with Gasteiger partial charge in [-0.05, 0) is 25.0 Å². The van der Waals surface area contributed by atoms with Crippen LogP contribution in [0.4, 0.5) is 5.69 Å². The van der Waals surface area contributed by atoms with Crippen LogP contribution in [-0.4, -0.2) is 29.0 Å². The minimum absolute atomic E-state index is 0.125. The van der Waals surface area contributed by atoms with Gasteiger partial charge in [0.25, 0.3) is 27.2 Å². The third-order valence-corrected chi connectivity index (χ3v) is 6.42. The van der Waals surface area contributed by atoms with Crippen molar-refractivity contribution in [2.24, 2.45) is 0 Å². The van der Waals surface area contributed by atoms with Crippen LogP contribution in [0.1, 0.15) is 42.2 Å². The number of hydrogen-bond donors (Lipinski definition) is 2. The highest BCUT2D eigenvalue weighted by Crippen LogP contribution is 2.21. The Labute approximate surface area is 189 Å². The number of unbranched alkanes of at least 4 members (excludes halogenated alkanes) is 2. The summed E-state index contributed by atoms with van der Waals surface area (Å²) >= 11 is 0. The summed E-state index contributed by atoms with van der Waals surface area (Å²) in [6, 6.07) is 9.82. The standard InChI is InChI=1S/C21H23N5O6S/c1-3-4-7-12-25-21(28)17-9-6-5-8-16(17)19(23-25)20(27)22-24-33(31,32)18-13-15(26(29)30)11-10-14(18)2/h5-6,8-11,13,24H,3-4,7,12H2,1-2H3,(H,22,27). The lowest BCUT2D eigenvalue weighted by Gasteiger charge is -2.13. The number of carbonyl (C=O) groups is 1. The van der Waals surface area contributed by atoms with Gasteiger partial charge in [-0.3, -0.25) is 25.1 Å². The van der Waals surface area contributed by atoms with E-state index in [-0.39, 0.29) is 32.5 Å². The second-order valence-electron chi connectivity index (χ2n) is 7.40. The highest BCUT2D eigenvalue weighted by Gasteiger charge is 2.23. The molecule has 0 aliphatic heterocycles. The van der Waals surface area contributed by atoms with Crippen molar-refractivity contribution < 1.29 is 18.1 Å². The van der Waals surface area contributed by atoms with Crippen molar-refractivity contribution in [2.45, 2.75) is 44.6 Å². The molecular weight excluding hydrogens is 450 g/mol. The van der Waals surface area contributed by atoms with Gasteiger partial charge in [0.05, 0.1) is 15.2 Å². The van der Waals surface area contributed by atoms with Crippen LogP contribution >= 0.6 is 0 Å². The molecule has 0 bridgehead atoms. The first-order valence-electron chi connectivity index (χ1n) is 10.2. The number of non-ortho nitro benzene ring substituents is 1. The van der Waals surface area contributed by atoms with Crippen LogP contribution in [0.25, 0.3) is 10.8 Å². The summed E-state index contributed by atoms with van der Waals surface area (Å²) in [6.07, 6.45) is 2.51. The maximum Gasteiger partial charge on any atom is 0.287 e. The molecule has 0 aliphatic rings. The van der Waals surface area contributed by atoms with Crippen LogP contribution in [0.3, 0.4) is 0 Å². The number of fused-ring (bicyclic) bond motifs is 1. The largest absolute Gasteiger partial charge is 0.287 e. The molecule has 33 heavy (non-hydrogen) atoms. The van der Waals surface area contributed by atoms with Gasteiger partial charge in [0.1, 0.15) is 0 Å². The second kappa shape index (κ2) is 9.88. The van der Waals surface area contributed by atoms with E-state index in [4.69, 9.17) is 0 Å². The van der Waals surface area contributed by atoms with E-state index in [1.165, 1.54) is 23.7 Å². The molecule has 0 radical (unpaired) electrons. The Morgan fingerprint density at radius 3 is 2.52 bits per heavy atom. The lowest BCUT2D eigenvalue weighted by Crippen LogP contribution is -2.43. The average Bonchev–Trinajstić information content (AvgIpc) is 2.79. The summed E-state index contributed by atoms with van der Waals surface area (Å²) < 4.78 is 26.6. The van der Waals surface area contributed by atoms with Crippen molar-refractivity contribution in [2.75, 3.05) is 0 Å². The van der Waals surface area contributed by atoms with Crippen LogP contribution in [0.5, 0.6) is 0 Å². The number of carbonyl (C=O) groups excluding carboxylic acids is 1. The molecule has 3 aromatic rings. The zero-order valence-electron chi connectivity index (χ0n) is 18.1. The van der Waals surface area contributed by atoms with Crippen molar-refractivity contribution in [1.82, 2.24) is 20.0 Å². The molecule has 2 N–H and O–H groups in total. The third-order valence-electron chi connectivity index (χ3n) is 5.03. The molecule has 0 spiro atoms. The molecule has 0 unspecified atom stereocenters. The number of nitro benzene ring substituents is 1. The van der Waals surface area contributed by atoms with Crippen molar-refractivity contribution in [1.29, 1.82) is 0 Å². The third kappa shape index (κ3) is 5.23. The van der Waals surface area contributed by atoms with E-state index in [1.54, 1.807) is 24.3 Å². The molecule has 174 valence electrons. The van der Waals surface area contributed by atoms with Gasteiger partial charge in [0.15, 0.2) is 5.69 Å². The van der Waals surface area contributed by atoms with Gasteiger partial charge in [0.2, 0.25) is 0 Å². The van der Waals surface area contributed by atoms with Crippen molar-refractivity contribution in [3.8, 4) is 0 Å². The van der Waals surface area contributed by atoms with Crippen molar-refractivity contribution >= 4 is 32.4 Å². The summed E-state index contributed by atoms with van der Waals surface area (Å²) in [6.45, 7) is 3.81. The zero-order valence-corrected chi connectivity index (χ0v) is 18.9. The maximum absolute atomic E-state index is 12.9. The molecule has 12 heteroatoms. The Bertz CT molecular complexity index is 1380. The first kappa shape index (κ1) is 24.0. The van der Waals surface area contributed by atoms with Gasteiger partial charge < -0.3 is 0 Å². The molecule has 1 amide bonds. The van der Waals surface area contributed by atoms with E-state index in [0.29, 0.717) is 13.0 Å². The number of sulfonamides is 1. The quantitative estimate of drug-likeness (QED) is 0.275. The summed E-state index contributed by atoms with van der Waals surface area (Å²) in [5.41, 5.74) is 1.48. The fraction of sp³-hybridized carbons (Fsp3) is 0.286. The van der Waals surface area contributed by atoms with E-state index < -0.39 is 26.5 Å². The van der Waals surface area contributed by atoms with E-state index in [0.717, 1.165) is 18.9 Å². The fourth-order valence-electron chi connectivity index (χ4n) is 3.29. The monoisotopic (exact) mass is 473 g/mol. The lowest BCUT2D eigenvalue weighted by atomic mass is 10.1. The molecule has 1 heterocycles. The number of nitro groups is 1. The lowest BCUT2D eigenvalue weighted by molar-refractivity contribution is -0.385. The summed E-state index contributed by atoms with van der Waals surface area (Å²) in [4.78, 5) is 37.5. The van der Waals surface area contributed by atoms with E-state index >= 15 is 0 Å². The van der Waals surface area contributed by atoms with Gasteiger partial charge in [-0.25, -0.2) is 13.1 Å². The van der Waals surface area contributed by atoms with Gasteiger partial charge in [-0.15, -0.1) is 4.83 Å². The number of hydrazine groups is 1. The maximum atomic E-state index is 12.9. The Kier molecular flexibility index (Phi) is 7.19. The zero-order chi connectivity index (χ0) is 24.2. The van der Waals surface area contributed by atoms with Crippen LogP contribution in [0.15, 0.2) is 52.2 Å². The first-order valence-corrected chi connectivity index (χ1v) is 11.7. The summed E-state index contributed by atoms with van der Waals surface area (Å²) in [7, 11) is -4.32. The molecule has 11 nitrogen and oxygen atoms in total. The Balaban J connectivity index is 1.92. The average molecular weight is 474 g/mol. The van der Waals surface area contributed by atoms with Gasteiger partial charge in [-0.2, -0.15) is 5.10 Å². The first-order chi connectivity index (χ1) is 15.7.